The second kappa shape index (κ2) is 6.42. The molecule has 3 aromatic heterocycles. The van der Waals surface area contributed by atoms with Crippen molar-refractivity contribution in [1.82, 2.24) is 24.6 Å². The van der Waals surface area contributed by atoms with Gasteiger partial charge in [-0.1, -0.05) is 12.1 Å². The van der Waals surface area contributed by atoms with E-state index in [0.717, 1.165) is 31.4 Å². The Bertz CT molecular complexity index is 1000. The molecule has 0 radical (unpaired) electrons. The molecule has 4 heterocycles. The number of para-hydroxylation sites is 2. The Hall–Kier alpha value is -2.93. The van der Waals surface area contributed by atoms with Crippen molar-refractivity contribution < 1.29 is 8.83 Å². The maximum atomic E-state index is 5.75. The minimum Gasteiger partial charge on any atom is -0.459 e. The Kier molecular flexibility index (Phi) is 3.79. The Morgan fingerprint density at radius 1 is 1.12 bits per heavy atom. The van der Waals surface area contributed by atoms with Gasteiger partial charge in [-0.25, -0.2) is 4.98 Å². The predicted octanol–water partition coefficient (Wildman–Crippen LogP) is 3.52. The van der Waals surface area contributed by atoms with Gasteiger partial charge in [-0.05, 0) is 43.7 Å². The van der Waals surface area contributed by atoms with Crippen LogP contribution < -0.4 is 0 Å². The van der Waals surface area contributed by atoms with Gasteiger partial charge in [-0.3, -0.25) is 4.90 Å². The highest BCUT2D eigenvalue weighted by molar-refractivity contribution is 5.75. The molecule has 1 aromatic carbocycles. The quantitative estimate of drug-likeness (QED) is 0.561. The van der Waals surface area contributed by atoms with Crippen LogP contribution in [0, 0.1) is 0 Å². The lowest BCUT2D eigenvalue weighted by atomic mass is 10.1. The molecule has 1 saturated heterocycles. The van der Waals surface area contributed by atoms with Gasteiger partial charge in [-0.2, -0.15) is 0 Å². The summed E-state index contributed by atoms with van der Waals surface area (Å²) in [5.74, 6) is 1.65. The minimum atomic E-state index is 0.406. The number of nitrogens with zero attached hydrogens (tertiary/aromatic N) is 5. The normalized spacial score (nSPS) is 18.5. The van der Waals surface area contributed by atoms with E-state index in [1.807, 2.05) is 24.5 Å². The summed E-state index contributed by atoms with van der Waals surface area (Å²) in [7, 11) is 0. The molecule has 26 heavy (non-hydrogen) atoms. The van der Waals surface area contributed by atoms with Gasteiger partial charge in [0.05, 0.1) is 30.2 Å². The van der Waals surface area contributed by atoms with Crippen molar-refractivity contribution in [3.63, 3.8) is 0 Å². The molecule has 5 rings (SSSR count). The standard InChI is InChI=1S/C19H19N5O2/c1-2-7-16-15(6-1)20-13-24(16)14-5-3-9-23(11-14)12-18-21-22-19(26-18)17-8-4-10-25-17/h1-2,4,6-8,10,13-14H,3,5,9,11-12H2/t14-/m0/s1. The molecule has 1 aliphatic heterocycles. The monoisotopic (exact) mass is 349 g/mol. The molecule has 7 heteroatoms. The molecule has 0 bridgehead atoms. The molecule has 1 atom stereocenters. The third-order valence-electron chi connectivity index (χ3n) is 4.91. The number of furan rings is 1. The first-order chi connectivity index (χ1) is 12.9. The molecule has 0 unspecified atom stereocenters. The number of benzene rings is 1. The van der Waals surface area contributed by atoms with Crippen LogP contribution in [0.4, 0.5) is 0 Å². The lowest BCUT2D eigenvalue weighted by molar-refractivity contribution is 0.159. The molecule has 0 aliphatic carbocycles. The fourth-order valence-electron chi connectivity index (χ4n) is 3.68. The summed E-state index contributed by atoms with van der Waals surface area (Å²) >= 11 is 0. The topological polar surface area (TPSA) is 73.1 Å². The zero-order valence-corrected chi connectivity index (χ0v) is 14.3. The average Bonchev–Trinajstić information content (AvgIpc) is 3.42. The lowest BCUT2D eigenvalue weighted by Crippen LogP contribution is -2.36. The summed E-state index contributed by atoms with van der Waals surface area (Å²) in [5.41, 5.74) is 2.24. The van der Waals surface area contributed by atoms with Crippen LogP contribution in [0.1, 0.15) is 24.8 Å². The number of likely N-dealkylation sites (tertiary alicyclic amines) is 1. The van der Waals surface area contributed by atoms with Crippen molar-refractivity contribution in [2.75, 3.05) is 13.1 Å². The maximum absolute atomic E-state index is 5.75. The Balaban J connectivity index is 1.32. The van der Waals surface area contributed by atoms with Gasteiger partial charge in [0, 0.05) is 12.6 Å². The van der Waals surface area contributed by atoms with E-state index in [4.69, 9.17) is 8.83 Å². The highest BCUT2D eigenvalue weighted by Gasteiger charge is 2.24. The summed E-state index contributed by atoms with van der Waals surface area (Å²) in [4.78, 5) is 6.89. The molecule has 0 N–H and O–H groups in total. The van der Waals surface area contributed by atoms with E-state index in [2.05, 4.69) is 42.8 Å². The Morgan fingerprint density at radius 2 is 2.08 bits per heavy atom. The summed E-state index contributed by atoms with van der Waals surface area (Å²) in [6, 6.07) is 12.3. The maximum Gasteiger partial charge on any atom is 0.283 e. The van der Waals surface area contributed by atoms with Crippen LogP contribution in [0.15, 0.2) is 57.8 Å². The van der Waals surface area contributed by atoms with E-state index >= 15 is 0 Å². The second-order valence-electron chi connectivity index (χ2n) is 6.65. The van der Waals surface area contributed by atoms with E-state index in [9.17, 15) is 0 Å². The fraction of sp³-hybridized carbons (Fsp3) is 0.316. The predicted molar refractivity (Wildman–Crippen MR) is 95.3 cm³/mol. The van der Waals surface area contributed by atoms with Gasteiger partial charge < -0.3 is 13.4 Å². The van der Waals surface area contributed by atoms with Gasteiger partial charge in [0.1, 0.15) is 0 Å². The fourth-order valence-corrected chi connectivity index (χ4v) is 3.68. The molecule has 132 valence electrons. The summed E-state index contributed by atoms with van der Waals surface area (Å²) in [6.07, 6.45) is 5.85. The first-order valence-electron chi connectivity index (χ1n) is 8.87. The van der Waals surface area contributed by atoms with Crippen molar-refractivity contribution in [2.45, 2.75) is 25.4 Å². The SMILES string of the molecule is c1coc(-c2nnc(CN3CCC[C@H](n4cnc5ccccc54)C3)o2)c1. The molecule has 0 spiro atoms. The number of hydrogen-bond acceptors (Lipinski definition) is 6. The molecule has 4 aromatic rings. The minimum absolute atomic E-state index is 0.406. The second-order valence-corrected chi connectivity index (χ2v) is 6.65. The van der Waals surface area contributed by atoms with Crippen LogP contribution in [-0.4, -0.2) is 37.7 Å². The molecule has 0 saturated carbocycles. The number of aromatic nitrogens is 4. The molecule has 1 aliphatic rings. The van der Waals surface area contributed by atoms with Crippen LogP contribution in [0.5, 0.6) is 0 Å². The van der Waals surface area contributed by atoms with Crippen molar-refractivity contribution in [3.05, 3.63) is 54.9 Å². The van der Waals surface area contributed by atoms with Crippen molar-refractivity contribution in [2.24, 2.45) is 0 Å². The number of imidazole rings is 1. The Morgan fingerprint density at radius 3 is 3.00 bits per heavy atom. The first kappa shape index (κ1) is 15.3. The zero-order chi connectivity index (χ0) is 17.3. The first-order valence-corrected chi connectivity index (χ1v) is 8.87. The number of hydrogen-bond donors (Lipinski definition) is 0. The summed E-state index contributed by atoms with van der Waals surface area (Å²) < 4.78 is 13.4. The summed E-state index contributed by atoms with van der Waals surface area (Å²) in [6.45, 7) is 2.62. The average molecular weight is 349 g/mol. The van der Waals surface area contributed by atoms with Gasteiger partial charge in [0.15, 0.2) is 5.76 Å². The van der Waals surface area contributed by atoms with Crippen LogP contribution in [0.2, 0.25) is 0 Å². The van der Waals surface area contributed by atoms with E-state index in [1.54, 1.807) is 6.26 Å². The molecule has 1 fully saturated rings. The van der Waals surface area contributed by atoms with Gasteiger partial charge in [0.25, 0.3) is 5.89 Å². The van der Waals surface area contributed by atoms with Gasteiger partial charge >= 0.3 is 0 Å². The smallest absolute Gasteiger partial charge is 0.283 e. The van der Waals surface area contributed by atoms with Gasteiger partial charge in [-0.15, -0.1) is 10.2 Å². The van der Waals surface area contributed by atoms with E-state index in [-0.39, 0.29) is 0 Å². The van der Waals surface area contributed by atoms with Crippen LogP contribution in [0.25, 0.3) is 22.7 Å². The van der Waals surface area contributed by atoms with Crippen LogP contribution in [-0.2, 0) is 6.54 Å². The largest absolute Gasteiger partial charge is 0.459 e. The lowest BCUT2D eigenvalue weighted by Gasteiger charge is -2.32. The highest BCUT2D eigenvalue weighted by Crippen LogP contribution is 2.27. The zero-order valence-electron chi connectivity index (χ0n) is 14.3. The van der Waals surface area contributed by atoms with Gasteiger partial charge in [0.2, 0.25) is 5.89 Å². The number of rotatable bonds is 4. The number of piperidine rings is 1. The third-order valence-corrected chi connectivity index (χ3v) is 4.91. The van der Waals surface area contributed by atoms with Crippen molar-refractivity contribution in [1.29, 1.82) is 0 Å². The van der Waals surface area contributed by atoms with Crippen molar-refractivity contribution in [3.8, 4) is 11.7 Å². The summed E-state index contributed by atoms with van der Waals surface area (Å²) in [5, 5.41) is 8.25. The molecule has 7 nitrogen and oxygen atoms in total. The van der Waals surface area contributed by atoms with Crippen LogP contribution >= 0.6 is 0 Å². The molecular formula is C19H19N5O2. The Labute approximate surface area is 150 Å². The van der Waals surface area contributed by atoms with E-state index < -0.39 is 0 Å². The van der Waals surface area contributed by atoms with Crippen molar-refractivity contribution >= 4 is 11.0 Å². The highest BCUT2D eigenvalue weighted by atomic mass is 16.4. The third kappa shape index (κ3) is 2.80. The number of fused-ring (bicyclic) bond motifs is 1. The van der Waals surface area contributed by atoms with E-state index in [0.29, 0.717) is 30.1 Å². The van der Waals surface area contributed by atoms with Crippen LogP contribution in [0.3, 0.4) is 0 Å². The molecule has 0 amide bonds. The van der Waals surface area contributed by atoms with E-state index in [1.165, 1.54) is 5.52 Å². The molecular weight excluding hydrogens is 330 g/mol.